The first-order valence-corrected chi connectivity index (χ1v) is 13.3. The van der Waals surface area contributed by atoms with E-state index >= 15 is 0 Å². The van der Waals surface area contributed by atoms with Gasteiger partial charge < -0.3 is 15.5 Å². The average molecular weight is 480 g/mol. The fourth-order valence-corrected chi connectivity index (χ4v) is 6.69. The third-order valence-electron chi connectivity index (χ3n) is 7.22. The van der Waals surface area contributed by atoms with Crippen LogP contribution < -0.4 is 5.32 Å². The number of carboxylic acids is 2. The van der Waals surface area contributed by atoms with Gasteiger partial charge in [-0.15, -0.1) is 0 Å². The van der Waals surface area contributed by atoms with E-state index in [0.717, 1.165) is 19.3 Å². The van der Waals surface area contributed by atoms with E-state index in [-0.39, 0.29) is 35.4 Å². The second-order valence-corrected chi connectivity index (χ2v) is 11.6. The van der Waals surface area contributed by atoms with Gasteiger partial charge in [0.25, 0.3) is 0 Å². The summed E-state index contributed by atoms with van der Waals surface area (Å²) >= 11 is 0. The van der Waals surface area contributed by atoms with Crippen molar-refractivity contribution in [3.8, 4) is 0 Å². The molecule has 3 rings (SSSR count). The molecule has 9 heteroatoms. The van der Waals surface area contributed by atoms with Gasteiger partial charge in [-0.05, 0) is 57.1 Å². The number of hydrogen-bond donors (Lipinski definition) is 3. The molecule has 2 saturated carbocycles. The van der Waals surface area contributed by atoms with Crippen molar-refractivity contribution in [2.24, 2.45) is 17.3 Å². The molecular weight excluding hydrogens is 446 g/mol. The molecule has 1 aromatic carbocycles. The third kappa shape index (κ3) is 6.34. The molecule has 2 fully saturated rings. The van der Waals surface area contributed by atoms with Gasteiger partial charge >= 0.3 is 11.9 Å². The van der Waals surface area contributed by atoms with E-state index in [9.17, 15) is 33.0 Å². The Morgan fingerprint density at radius 1 is 1.03 bits per heavy atom. The summed E-state index contributed by atoms with van der Waals surface area (Å²) in [5, 5.41) is 22.2. The van der Waals surface area contributed by atoms with Crippen LogP contribution in [0.2, 0.25) is 0 Å². The highest BCUT2D eigenvalue weighted by Crippen LogP contribution is 2.44. The number of nitrogens with one attached hydrogen (secondary N) is 1. The Labute approximate surface area is 194 Å². The van der Waals surface area contributed by atoms with Gasteiger partial charge in [0, 0.05) is 6.04 Å². The third-order valence-corrected chi connectivity index (χ3v) is 8.99. The summed E-state index contributed by atoms with van der Waals surface area (Å²) in [5.41, 5.74) is -0.851. The lowest BCUT2D eigenvalue weighted by molar-refractivity contribution is -0.146. The number of carbonyl (C=O) groups excluding carboxylic acids is 1. The van der Waals surface area contributed by atoms with Gasteiger partial charge in [-0.25, -0.2) is 8.42 Å². The van der Waals surface area contributed by atoms with Gasteiger partial charge in [0.1, 0.15) is 0 Å². The summed E-state index contributed by atoms with van der Waals surface area (Å²) in [6.07, 6.45) is 5.19. The van der Waals surface area contributed by atoms with Crippen molar-refractivity contribution in [1.29, 1.82) is 0 Å². The fraction of sp³-hybridized carbons (Fsp3) is 0.625. The minimum atomic E-state index is -3.62. The van der Waals surface area contributed by atoms with Crippen LogP contribution in [0, 0.1) is 17.3 Å². The smallest absolute Gasteiger partial charge is 0.306 e. The van der Waals surface area contributed by atoms with Crippen molar-refractivity contribution in [2.45, 2.75) is 75.1 Å². The van der Waals surface area contributed by atoms with Gasteiger partial charge in [-0.3, -0.25) is 14.4 Å². The number of sulfone groups is 1. The molecule has 0 radical (unpaired) electrons. The minimum absolute atomic E-state index is 0.0634. The van der Waals surface area contributed by atoms with Crippen LogP contribution in [0.15, 0.2) is 35.2 Å². The molecule has 182 valence electrons. The van der Waals surface area contributed by atoms with E-state index in [4.69, 9.17) is 0 Å². The number of aliphatic carboxylic acids is 2. The molecule has 33 heavy (non-hydrogen) atoms. The van der Waals surface area contributed by atoms with E-state index in [1.54, 1.807) is 18.2 Å². The Morgan fingerprint density at radius 3 is 2.30 bits per heavy atom. The van der Waals surface area contributed by atoms with E-state index in [1.165, 1.54) is 12.1 Å². The second-order valence-electron chi connectivity index (χ2n) is 9.52. The predicted octanol–water partition coefficient (Wildman–Crippen LogP) is 3.26. The molecule has 2 aliphatic carbocycles. The molecule has 1 aromatic rings. The van der Waals surface area contributed by atoms with Gasteiger partial charge in [0.15, 0.2) is 9.84 Å². The normalized spacial score (nSPS) is 23.5. The van der Waals surface area contributed by atoms with Crippen molar-refractivity contribution >= 4 is 27.7 Å². The number of carboxylic acid groups (broad SMARTS) is 2. The highest BCUT2D eigenvalue weighted by Gasteiger charge is 2.45. The zero-order chi connectivity index (χ0) is 24.1. The minimum Gasteiger partial charge on any atom is -0.481 e. The highest BCUT2D eigenvalue weighted by molar-refractivity contribution is 7.91. The molecule has 3 unspecified atom stereocenters. The first-order chi connectivity index (χ1) is 15.6. The highest BCUT2D eigenvalue weighted by atomic mass is 32.2. The molecule has 3 atom stereocenters. The van der Waals surface area contributed by atoms with Crippen molar-refractivity contribution in [2.75, 3.05) is 5.75 Å². The fourth-order valence-electron chi connectivity index (χ4n) is 5.29. The summed E-state index contributed by atoms with van der Waals surface area (Å²) in [4.78, 5) is 36.9. The van der Waals surface area contributed by atoms with E-state index in [2.05, 4.69) is 5.32 Å². The van der Waals surface area contributed by atoms with Gasteiger partial charge in [-0.2, -0.15) is 0 Å². The number of hydrogen-bond acceptors (Lipinski definition) is 5. The number of amides is 1. The summed E-state index contributed by atoms with van der Waals surface area (Å²) < 4.78 is 25.3. The van der Waals surface area contributed by atoms with Crippen LogP contribution in [-0.4, -0.2) is 48.3 Å². The van der Waals surface area contributed by atoms with E-state index in [1.807, 2.05) is 0 Å². The van der Waals surface area contributed by atoms with Crippen molar-refractivity contribution < 1.29 is 33.0 Å². The van der Waals surface area contributed by atoms with Crippen LogP contribution in [0.4, 0.5) is 0 Å². The van der Waals surface area contributed by atoms with Gasteiger partial charge in [0.2, 0.25) is 5.91 Å². The quantitative estimate of drug-likeness (QED) is 0.468. The lowest BCUT2D eigenvalue weighted by Crippen LogP contribution is -2.47. The molecule has 0 saturated heterocycles. The molecular formula is C24H33NO7S. The van der Waals surface area contributed by atoms with Gasteiger partial charge in [0.05, 0.1) is 27.9 Å². The number of rotatable bonds is 10. The number of carbonyl (C=O) groups is 3. The lowest BCUT2D eigenvalue weighted by atomic mass is 9.75. The summed E-state index contributed by atoms with van der Waals surface area (Å²) in [7, 11) is -3.62. The zero-order valence-electron chi connectivity index (χ0n) is 18.7. The molecule has 1 amide bonds. The SMILES string of the molecule is O=C(O)C1CCCC(NC(=O)C2(CC(CCS(=O)(=O)c3ccccc3)C(=O)O)CCCC2)C1. The molecule has 0 spiro atoms. The molecule has 0 aliphatic heterocycles. The average Bonchev–Trinajstić information content (AvgIpc) is 3.27. The van der Waals surface area contributed by atoms with Crippen LogP contribution in [0.5, 0.6) is 0 Å². The molecule has 8 nitrogen and oxygen atoms in total. The Hall–Kier alpha value is -2.42. The molecule has 2 aliphatic rings. The standard InChI is InChI=1S/C24H33NO7S/c26-21(27)17-7-6-8-19(15-17)25-23(30)24(12-4-5-13-24)16-18(22(28)29)11-14-33(31,32)20-9-2-1-3-10-20/h1-3,9-10,17-19H,4-8,11-16H2,(H,25,30)(H,26,27)(H,28,29). The Kier molecular flexibility index (Phi) is 8.15. The molecule has 0 bridgehead atoms. The van der Waals surface area contributed by atoms with Crippen LogP contribution >= 0.6 is 0 Å². The van der Waals surface area contributed by atoms with Crippen LogP contribution in [0.25, 0.3) is 0 Å². The van der Waals surface area contributed by atoms with E-state index < -0.39 is 39.0 Å². The maximum Gasteiger partial charge on any atom is 0.306 e. The van der Waals surface area contributed by atoms with Gasteiger partial charge in [-0.1, -0.05) is 37.5 Å². The molecule has 0 heterocycles. The lowest BCUT2D eigenvalue weighted by Gasteiger charge is -2.34. The zero-order valence-corrected chi connectivity index (χ0v) is 19.6. The maximum absolute atomic E-state index is 13.3. The van der Waals surface area contributed by atoms with E-state index in [0.29, 0.717) is 32.1 Å². The van der Waals surface area contributed by atoms with Crippen molar-refractivity contribution in [3.05, 3.63) is 30.3 Å². The Morgan fingerprint density at radius 2 is 1.70 bits per heavy atom. The molecule has 0 aromatic heterocycles. The monoisotopic (exact) mass is 479 g/mol. The summed E-state index contributed by atoms with van der Waals surface area (Å²) in [6, 6.07) is 7.72. The predicted molar refractivity (Wildman–Crippen MR) is 121 cm³/mol. The summed E-state index contributed by atoms with van der Waals surface area (Å²) in [5.74, 6) is -3.89. The first kappa shape index (κ1) is 25.2. The largest absolute Gasteiger partial charge is 0.481 e. The number of benzene rings is 1. The Bertz CT molecular complexity index is 954. The van der Waals surface area contributed by atoms with Crippen LogP contribution in [-0.2, 0) is 24.2 Å². The van der Waals surface area contributed by atoms with Crippen LogP contribution in [0.1, 0.15) is 64.2 Å². The second kappa shape index (κ2) is 10.7. The van der Waals surface area contributed by atoms with Crippen LogP contribution in [0.3, 0.4) is 0 Å². The maximum atomic E-state index is 13.3. The first-order valence-electron chi connectivity index (χ1n) is 11.7. The van der Waals surface area contributed by atoms with Crippen molar-refractivity contribution in [3.63, 3.8) is 0 Å². The topological polar surface area (TPSA) is 138 Å². The Balaban J connectivity index is 1.68. The summed E-state index contributed by atoms with van der Waals surface area (Å²) in [6.45, 7) is 0. The molecule has 3 N–H and O–H groups in total. The van der Waals surface area contributed by atoms with Crippen molar-refractivity contribution in [1.82, 2.24) is 5.32 Å².